The Morgan fingerprint density at radius 2 is 1.63 bits per heavy atom. The molecule has 4 fully saturated rings. The van der Waals surface area contributed by atoms with E-state index in [0.29, 0.717) is 30.1 Å². The fraction of sp³-hybridized carbons (Fsp3) is 0.880. The first-order chi connectivity index (χ1) is 14.0. The van der Waals surface area contributed by atoms with Crippen molar-refractivity contribution in [3.05, 3.63) is 0 Å². The molecule has 0 radical (unpaired) electrons. The van der Waals surface area contributed by atoms with Crippen LogP contribution in [0.3, 0.4) is 0 Å². The van der Waals surface area contributed by atoms with Crippen molar-refractivity contribution < 1.29 is 23.9 Å². The Morgan fingerprint density at radius 1 is 0.900 bits per heavy atom. The summed E-state index contributed by atoms with van der Waals surface area (Å²) in [6.45, 7) is 9.49. The molecule has 0 aromatic rings. The fourth-order valence-electron chi connectivity index (χ4n) is 8.31. The minimum Gasteiger partial charge on any atom is -0.463 e. The van der Waals surface area contributed by atoms with Crippen molar-refractivity contribution in [2.45, 2.75) is 104 Å². The summed E-state index contributed by atoms with van der Waals surface area (Å²) in [5.74, 6) is 1.82. The molecular formula is C25H38O5. The van der Waals surface area contributed by atoms with Crippen LogP contribution in [0.5, 0.6) is 0 Å². The SMILES string of the molecule is CC(=O)OC1CCC2(C)C3CCC4(C)C(CCC(=O)C4(C)OC(C)=O)C3CC[C@H]2C1. The van der Waals surface area contributed by atoms with Crippen molar-refractivity contribution in [1.29, 1.82) is 0 Å². The van der Waals surface area contributed by atoms with Gasteiger partial charge in [-0.15, -0.1) is 0 Å². The van der Waals surface area contributed by atoms with Crippen LogP contribution in [0.25, 0.3) is 0 Å². The Kier molecular flexibility index (Phi) is 5.34. The number of hydrogen-bond acceptors (Lipinski definition) is 5. The number of ketones is 1. The monoisotopic (exact) mass is 418 g/mol. The lowest BCUT2D eigenvalue weighted by Gasteiger charge is -2.65. The minimum atomic E-state index is -1.00. The van der Waals surface area contributed by atoms with Crippen LogP contribution in [0, 0.1) is 34.5 Å². The zero-order valence-corrected chi connectivity index (χ0v) is 19.3. The first-order valence-electron chi connectivity index (χ1n) is 11.9. The second-order valence-corrected chi connectivity index (χ2v) is 11.2. The molecule has 5 nitrogen and oxygen atoms in total. The van der Waals surface area contributed by atoms with Gasteiger partial charge in [0.25, 0.3) is 0 Å². The van der Waals surface area contributed by atoms with E-state index < -0.39 is 5.60 Å². The van der Waals surface area contributed by atoms with E-state index in [-0.39, 0.29) is 34.7 Å². The van der Waals surface area contributed by atoms with Gasteiger partial charge in [-0.05, 0) is 87.4 Å². The number of ether oxygens (including phenoxy) is 2. The maximum absolute atomic E-state index is 13.0. The molecule has 0 saturated heterocycles. The van der Waals surface area contributed by atoms with E-state index >= 15 is 0 Å². The normalized spacial score (nSPS) is 48.0. The zero-order valence-electron chi connectivity index (χ0n) is 19.3. The predicted molar refractivity (Wildman–Crippen MR) is 112 cm³/mol. The second-order valence-electron chi connectivity index (χ2n) is 11.2. The number of fused-ring (bicyclic) bond motifs is 5. The number of carbonyl (C=O) groups is 3. The highest BCUT2D eigenvalue weighted by atomic mass is 16.6. The Labute approximate surface area is 180 Å². The van der Waals surface area contributed by atoms with Gasteiger partial charge in [-0.25, -0.2) is 0 Å². The molecule has 30 heavy (non-hydrogen) atoms. The highest BCUT2D eigenvalue weighted by Gasteiger charge is 2.65. The number of carbonyl (C=O) groups excluding carboxylic acids is 3. The summed E-state index contributed by atoms with van der Waals surface area (Å²) >= 11 is 0. The van der Waals surface area contributed by atoms with Crippen molar-refractivity contribution in [2.24, 2.45) is 34.5 Å². The van der Waals surface area contributed by atoms with Gasteiger partial charge in [0.15, 0.2) is 11.4 Å². The zero-order chi connectivity index (χ0) is 21.9. The van der Waals surface area contributed by atoms with Crippen molar-refractivity contribution in [3.8, 4) is 0 Å². The summed E-state index contributed by atoms with van der Waals surface area (Å²) < 4.78 is 11.4. The van der Waals surface area contributed by atoms with Gasteiger partial charge in [0, 0.05) is 25.7 Å². The lowest BCUT2D eigenvalue weighted by atomic mass is 9.41. The Morgan fingerprint density at radius 3 is 2.30 bits per heavy atom. The number of esters is 2. The molecule has 0 aliphatic heterocycles. The molecule has 5 heteroatoms. The second kappa shape index (κ2) is 7.34. The highest BCUT2D eigenvalue weighted by Crippen LogP contribution is 2.67. The van der Waals surface area contributed by atoms with Crippen molar-refractivity contribution >= 4 is 17.7 Å². The van der Waals surface area contributed by atoms with Gasteiger partial charge in [-0.3, -0.25) is 14.4 Å². The van der Waals surface area contributed by atoms with Gasteiger partial charge in [0.05, 0.1) is 0 Å². The Balaban J connectivity index is 1.59. The van der Waals surface area contributed by atoms with Crippen LogP contribution in [-0.4, -0.2) is 29.4 Å². The molecule has 4 saturated carbocycles. The summed E-state index contributed by atoms with van der Waals surface area (Å²) in [6, 6.07) is 0. The van der Waals surface area contributed by atoms with E-state index in [9.17, 15) is 14.4 Å². The topological polar surface area (TPSA) is 69.7 Å². The van der Waals surface area contributed by atoms with Crippen LogP contribution < -0.4 is 0 Å². The standard InChI is InChI=1S/C25H38O5/c1-15(26)29-18-10-12-23(3)17(14-18)6-7-19-20(23)11-13-24(4)21(19)8-9-22(28)25(24,5)30-16(2)27/h17-21H,6-14H2,1-5H3/t17-,18?,19?,20?,21?,23?,24?,25?/m0/s1. The molecule has 0 heterocycles. The maximum atomic E-state index is 13.0. The highest BCUT2D eigenvalue weighted by molar-refractivity contribution is 5.91. The van der Waals surface area contributed by atoms with Crippen LogP contribution >= 0.6 is 0 Å². The molecule has 0 amide bonds. The van der Waals surface area contributed by atoms with Gasteiger partial charge in [-0.2, -0.15) is 0 Å². The number of rotatable bonds is 2. The molecule has 4 aliphatic carbocycles. The number of Topliss-reactive ketones (excluding diaryl/α,β-unsaturated/α-hetero) is 1. The van der Waals surface area contributed by atoms with E-state index in [2.05, 4.69) is 13.8 Å². The van der Waals surface area contributed by atoms with E-state index in [0.717, 1.165) is 38.5 Å². The van der Waals surface area contributed by atoms with Crippen molar-refractivity contribution in [3.63, 3.8) is 0 Å². The molecular weight excluding hydrogens is 380 g/mol. The molecule has 168 valence electrons. The average Bonchev–Trinajstić information content (AvgIpc) is 2.65. The Bertz CT molecular complexity index is 746. The quantitative estimate of drug-likeness (QED) is 0.600. The third kappa shape index (κ3) is 3.14. The fourth-order valence-corrected chi connectivity index (χ4v) is 8.31. The number of hydrogen-bond donors (Lipinski definition) is 0. The largest absolute Gasteiger partial charge is 0.463 e. The minimum absolute atomic E-state index is 0.0746. The van der Waals surface area contributed by atoms with E-state index in [1.807, 2.05) is 6.92 Å². The van der Waals surface area contributed by atoms with Gasteiger partial charge >= 0.3 is 11.9 Å². The van der Waals surface area contributed by atoms with E-state index in [1.54, 1.807) is 0 Å². The average molecular weight is 419 g/mol. The summed E-state index contributed by atoms with van der Waals surface area (Å²) in [5.41, 5.74) is -1.01. The van der Waals surface area contributed by atoms with Crippen molar-refractivity contribution in [1.82, 2.24) is 0 Å². The van der Waals surface area contributed by atoms with Gasteiger partial charge in [0.1, 0.15) is 6.10 Å². The van der Waals surface area contributed by atoms with Crippen LogP contribution in [0.4, 0.5) is 0 Å². The molecule has 4 rings (SSSR count). The molecule has 4 aliphatic rings. The smallest absolute Gasteiger partial charge is 0.303 e. The predicted octanol–water partition coefficient (Wildman–Crippen LogP) is 4.85. The van der Waals surface area contributed by atoms with Crippen LogP contribution in [0.15, 0.2) is 0 Å². The van der Waals surface area contributed by atoms with Gasteiger partial charge < -0.3 is 9.47 Å². The molecule has 0 spiro atoms. The van der Waals surface area contributed by atoms with E-state index in [4.69, 9.17) is 9.47 Å². The molecule has 0 aromatic heterocycles. The molecule has 0 bridgehead atoms. The van der Waals surface area contributed by atoms with Gasteiger partial charge in [0.2, 0.25) is 0 Å². The summed E-state index contributed by atoms with van der Waals surface area (Å²) in [5, 5.41) is 0. The van der Waals surface area contributed by atoms with E-state index in [1.165, 1.54) is 26.7 Å². The first kappa shape index (κ1) is 21.8. The lowest BCUT2D eigenvalue weighted by Crippen LogP contribution is -2.65. The molecule has 0 aromatic carbocycles. The van der Waals surface area contributed by atoms with Crippen LogP contribution in [-0.2, 0) is 23.9 Å². The summed E-state index contributed by atoms with van der Waals surface area (Å²) in [6.07, 6.45) is 8.93. The third-order valence-corrected chi connectivity index (χ3v) is 9.99. The molecule has 0 N–H and O–H groups in total. The molecule has 7 unspecified atom stereocenters. The molecule has 8 atom stereocenters. The Hall–Kier alpha value is -1.39. The third-order valence-electron chi connectivity index (χ3n) is 9.99. The van der Waals surface area contributed by atoms with Crippen LogP contribution in [0.2, 0.25) is 0 Å². The van der Waals surface area contributed by atoms with Crippen molar-refractivity contribution in [2.75, 3.05) is 0 Å². The summed E-state index contributed by atoms with van der Waals surface area (Å²) in [4.78, 5) is 36.3. The summed E-state index contributed by atoms with van der Waals surface area (Å²) in [7, 11) is 0. The van der Waals surface area contributed by atoms with Gasteiger partial charge in [-0.1, -0.05) is 13.8 Å². The lowest BCUT2D eigenvalue weighted by molar-refractivity contribution is -0.215. The maximum Gasteiger partial charge on any atom is 0.303 e. The first-order valence-corrected chi connectivity index (χ1v) is 11.9. The van der Waals surface area contributed by atoms with Crippen LogP contribution in [0.1, 0.15) is 92.4 Å².